The van der Waals surface area contributed by atoms with E-state index in [1.807, 2.05) is 0 Å². The lowest BCUT2D eigenvalue weighted by atomic mass is 10.1. The van der Waals surface area contributed by atoms with Gasteiger partial charge in [0.1, 0.15) is 0 Å². The predicted molar refractivity (Wildman–Crippen MR) is 71.6 cm³/mol. The summed E-state index contributed by atoms with van der Waals surface area (Å²) in [6, 6.07) is 8.67. The zero-order chi connectivity index (χ0) is 11.0. The van der Waals surface area contributed by atoms with Crippen molar-refractivity contribution in [2.45, 2.75) is 32.2 Å². The number of benzene rings is 1. The summed E-state index contributed by atoms with van der Waals surface area (Å²) in [5.74, 6) is 0.898. The minimum atomic E-state index is 0.898. The minimum Gasteiger partial charge on any atom is -0.347 e. The zero-order valence-electron chi connectivity index (χ0n) is 9.32. The van der Waals surface area contributed by atoms with Crippen molar-refractivity contribution in [2.75, 3.05) is 0 Å². The molecule has 1 aliphatic carbocycles. The molecule has 1 fully saturated rings. The molecule has 1 saturated carbocycles. The Balaban J connectivity index is 1.94. The Morgan fingerprint density at radius 3 is 2.81 bits per heavy atom. The number of halogens is 1. The van der Waals surface area contributed by atoms with Gasteiger partial charge in [0.2, 0.25) is 0 Å². The van der Waals surface area contributed by atoms with E-state index in [4.69, 9.17) is 0 Å². The normalized spacial score (nSPS) is 17.3. The van der Waals surface area contributed by atoms with Crippen LogP contribution in [0.1, 0.15) is 25.7 Å². The molecule has 1 aromatic heterocycles. The molecule has 0 N–H and O–H groups in total. The van der Waals surface area contributed by atoms with Gasteiger partial charge in [-0.1, -0.05) is 34.8 Å². The Hall–Kier alpha value is -0.760. The van der Waals surface area contributed by atoms with Crippen LogP contribution in [0.4, 0.5) is 0 Å². The molecule has 0 aliphatic heterocycles. The molecule has 0 amide bonds. The van der Waals surface area contributed by atoms with Crippen molar-refractivity contribution in [1.82, 2.24) is 4.57 Å². The molecule has 0 radical (unpaired) electrons. The van der Waals surface area contributed by atoms with Gasteiger partial charge in [-0.05, 0) is 37.0 Å². The molecule has 0 spiro atoms. The lowest BCUT2D eigenvalue weighted by Gasteiger charge is -2.11. The second-order valence-corrected chi connectivity index (χ2v) is 5.65. The van der Waals surface area contributed by atoms with Gasteiger partial charge in [0.15, 0.2) is 0 Å². The van der Waals surface area contributed by atoms with Gasteiger partial charge in [-0.25, -0.2) is 0 Å². The largest absolute Gasteiger partial charge is 0.347 e. The average Bonchev–Trinajstić information content (AvgIpc) is 2.90. The van der Waals surface area contributed by atoms with Crippen LogP contribution in [0.2, 0.25) is 0 Å². The van der Waals surface area contributed by atoms with E-state index in [0.717, 1.165) is 5.92 Å². The molecule has 2 heteroatoms. The molecular weight excluding hydrogens is 262 g/mol. The van der Waals surface area contributed by atoms with Gasteiger partial charge in [-0.3, -0.25) is 0 Å². The van der Waals surface area contributed by atoms with Crippen LogP contribution in [0.25, 0.3) is 10.9 Å². The monoisotopic (exact) mass is 277 g/mol. The third kappa shape index (κ3) is 1.80. The van der Waals surface area contributed by atoms with Crippen molar-refractivity contribution in [1.29, 1.82) is 0 Å². The fourth-order valence-corrected chi connectivity index (χ4v) is 3.30. The number of rotatable bonds is 2. The summed E-state index contributed by atoms with van der Waals surface area (Å²) in [5.41, 5.74) is 1.36. The van der Waals surface area contributed by atoms with Crippen LogP contribution in [0.15, 0.2) is 34.9 Å². The summed E-state index contributed by atoms with van der Waals surface area (Å²) >= 11 is 3.61. The molecule has 3 rings (SSSR count). The lowest BCUT2D eigenvalue weighted by Crippen LogP contribution is -2.05. The van der Waals surface area contributed by atoms with E-state index in [1.54, 1.807) is 0 Å². The van der Waals surface area contributed by atoms with Crippen LogP contribution in [0.3, 0.4) is 0 Å². The standard InChI is InChI=1S/C14H16BrN/c15-13-6-3-7-14-12(13)8-9-16(14)10-11-4-1-2-5-11/h3,6-9,11H,1-2,4-5,10H2. The van der Waals surface area contributed by atoms with E-state index in [1.165, 1.54) is 47.6 Å². The van der Waals surface area contributed by atoms with Crippen molar-refractivity contribution in [2.24, 2.45) is 5.92 Å². The summed E-state index contributed by atoms with van der Waals surface area (Å²) in [6.45, 7) is 1.19. The second-order valence-electron chi connectivity index (χ2n) is 4.79. The molecular formula is C14H16BrN. The second kappa shape index (κ2) is 4.25. The molecule has 84 valence electrons. The molecule has 1 aliphatic rings. The smallest absolute Gasteiger partial charge is 0.0491 e. The Morgan fingerprint density at radius 2 is 2.00 bits per heavy atom. The van der Waals surface area contributed by atoms with Crippen molar-refractivity contribution in [3.8, 4) is 0 Å². The van der Waals surface area contributed by atoms with Gasteiger partial charge in [0.05, 0.1) is 0 Å². The van der Waals surface area contributed by atoms with Gasteiger partial charge < -0.3 is 4.57 Å². The third-order valence-electron chi connectivity index (χ3n) is 3.69. The fourth-order valence-electron chi connectivity index (χ4n) is 2.82. The topological polar surface area (TPSA) is 4.93 Å². The molecule has 16 heavy (non-hydrogen) atoms. The predicted octanol–water partition coefficient (Wildman–Crippen LogP) is 4.59. The maximum Gasteiger partial charge on any atom is 0.0491 e. The highest BCUT2D eigenvalue weighted by Crippen LogP contribution is 2.29. The van der Waals surface area contributed by atoms with E-state index in [2.05, 4.69) is 51.0 Å². The summed E-state index contributed by atoms with van der Waals surface area (Å²) < 4.78 is 3.62. The summed E-state index contributed by atoms with van der Waals surface area (Å²) in [5, 5.41) is 1.33. The Morgan fingerprint density at radius 1 is 1.19 bits per heavy atom. The molecule has 1 aromatic carbocycles. The van der Waals surface area contributed by atoms with Gasteiger partial charge in [-0.15, -0.1) is 0 Å². The Bertz CT molecular complexity index is 494. The average molecular weight is 278 g/mol. The number of nitrogens with zero attached hydrogens (tertiary/aromatic N) is 1. The van der Waals surface area contributed by atoms with Crippen molar-refractivity contribution in [3.05, 3.63) is 34.9 Å². The first kappa shape index (κ1) is 10.4. The SMILES string of the molecule is Brc1cccc2c1ccn2CC1CCCC1. The third-order valence-corrected chi connectivity index (χ3v) is 4.38. The van der Waals surface area contributed by atoms with Crippen molar-refractivity contribution in [3.63, 3.8) is 0 Å². The van der Waals surface area contributed by atoms with Crippen molar-refractivity contribution < 1.29 is 0 Å². The van der Waals surface area contributed by atoms with Gasteiger partial charge >= 0.3 is 0 Å². The first-order valence-electron chi connectivity index (χ1n) is 6.08. The van der Waals surface area contributed by atoms with Gasteiger partial charge in [-0.2, -0.15) is 0 Å². The minimum absolute atomic E-state index is 0.898. The highest BCUT2D eigenvalue weighted by molar-refractivity contribution is 9.10. The summed E-state index contributed by atoms with van der Waals surface area (Å²) in [6.07, 6.45) is 7.90. The fraction of sp³-hybridized carbons (Fsp3) is 0.429. The Labute approximate surface area is 105 Å². The van der Waals surface area contributed by atoms with Gasteiger partial charge in [0, 0.05) is 28.1 Å². The van der Waals surface area contributed by atoms with Gasteiger partial charge in [0.25, 0.3) is 0 Å². The van der Waals surface area contributed by atoms with Crippen LogP contribution in [0.5, 0.6) is 0 Å². The van der Waals surface area contributed by atoms with Crippen LogP contribution in [0, 0.1) is 5.92 Å². The van der Waals surface area contributed by atoms with E-state index in [0.29, 0.717) is 0 Å². The van der Waals surface area contributed by atoms with Crippen LogP contribution in [-0.2, 0) is 6.54 Å². The van der Waals surface area contributed by atoms with E-state index < -0.39 is 0 Å². The lowest BCUT2D eigenvalue weighted by molar-refractivity contribution is 0.466. The number of hydrogen-bond donors (Lipinski definition) is 0. The summed E-state index contributed by atoms with van der Waals surface area (Å²) in [7, 11) is 0. The van der Waals surface area contributed by atoms with Crippen LogP contribution >= 0.6 is 15.9 Å². The maximum absolute atomic E-state index is 3.61. The molecule has 0 unspecified atom stereocenters. The molecule has 1 nitrogen and oxygen atoms in total. The number of aromatic nitrogens is 1. The quantitative estimate of drug-likeness (QED) is 0.757. The molecule has 0 bridgehead atoms. The first-order chi connectivity index (χ1) is 7.84. The van der Waals surface area contributed by atoms with E-state index in [-0.39, 0.29) is 0 Å². The van der Waals surface area contributed by atoms with E-state index in [9.17, 15) is 0 Å². The van der Waals surface area contributed by atoms with Crippen LogP contribution in [-0.4, -0.2) is 4.57 Å². The first-order valence-corrected chi connectivity index (χ1v) is 6.87. The highest BCUT2D eigenvalue weighted by Gasteiger charge is 2.16. The number of fused-ring (bicyclic) bond motifs is 1. The zero-order valence-corrected chi connectivity index (χ0v) is 10.9. The van der Waals surface area contributed by atoms with Crippen molar-refractivity contribution >= 4 is 26.8 Å². The van der Waals surface area contributed by atoms with Crippen LogP contribution < -0.4 is 0 Å². The Kier molecular flexibility index (Phi) is 2.76. The maximum atomic E-state index is 3.61. The highest BCUT2D eigenvalue weighted by atomic mass is 79.9. The van der Waals surface area contributed by atoms with E-state index >= 15 is 0 Å². The molecule has 2 aromatic rings. The molecule has 1 heterocycles. The summed E-state index contributed by atoms with van der Waals surface area (Å²) in [4.78, 5) is 0. The molecule has 0 saturated heterocycles. The number of hydrogen-bond acceptors (Lipinski definition) is 0. The molecule has 0 atom stereocenters.